The monoisotopic (exact) mass is 402 g/mol. The highest BCUT2D eigenvalue weighted by Crippen LogP contribution is 2.22. The van der Waals surface area contributed by atoms with Gasteiger partial charge in [-0.2, -0.15) is 0 Å². The minimum atomic E-state index is -0.546. The van der Waals surface area contributed by atoms with Gasteiger partial charge in [-0.25, -0.2) is 4.39 Å². The van der Waals surface area contributed by atoms with Crippen LogP contribution in [0, 0.1) is 19.7 Å². The molecule has 158 valence electrons. The van der Waals surface area contributed by atoms with Gasteiger partial charge in [0.2, 0.25) is 0 Å². The topological polar surface area (TPSA) is 45.2 Å². The molecule has 29 heavy (non-hydrogen) atoms. The number of hydrogen-bond acceptors (Lipinski definition) is 5. The second-order valence-corrected chi connectivity index (χ2v) is 7.54. The van der Waals surface area contributed by atoms with Gasteiger partial charge in [-0.1, -0.05) is 30.3 Å². The molecule has 1 heterocycles. The van der Waals surface area contributed by atoms with E-state index in [0.29, 0.717) is 25.4 Å². The van der Waals surface area contributed by atoms with Crippen molar-refractivity contribution in [1.82, 2.24) is 4.90 Å². The zero-order valence-electron chi connectivity index (χ0n) is 17.3. The van der Waals surface area contributed by atoms with Gasteiger partial charge in [0.1, 0.15) is 18.2 Å². The highest BCUT2D eigenvalue weighted by Gasteiger charge is 2.21. The van der Waals surface area contributed by atoms with E-state index in [9.17, 15) is 9.50 Å². The molecule has 0 aliphatic carbocycles. The standard InChI is InChI=1S/C23H31FN2O3/c1-18-6-5-7-19(2)23(18)29-15-14-28-17-20(27)16-25-10-12-26(13-11-25)22-9-4-3-8-21(22)24/h3-9,20,27H,10-17H2,1-2H3/t20-/m1/s1. The number of piperazine rings is 1. The summed E-state index contributed by atoms with van der Waals surface area (Å²) in [5, 5.41) is 10.3. The Balaban J connectivity index is 1.31. The minimum absolute atomic E-state index is 0.183. The Morgan fingerprint density at radius 3 is 2.34 bits per heavy atom. The van der Waals surface area contributed by atoms with E-state index in [0.717, 1.165) is 43.1 Å². The summed E-state index contributed by atoms with van der Waals surface area (Å²) in [6.45, 7) is 8.87. The number of rotatable bonds is 9. The lowest BCUT2D eigenvalue weighted by atomic mass is 10.1. The number of ether oxygens (including phenoxy) is 2. The summed E-state index contributed by atoms with van der Waals surface area (Å²) in [5.74, 6) is 0.724. The second-order valence-electron chi connectivity index (χ2n) is 7.54. The number of hydrogen-bond donors (Lipinski definition) is 1. The lowest BCUT2D eigenvalue weighted by Gasteiger charge is -2.36. The summed E-state index contributed by atoms with van der Waals surface area (Å²) in [6.07, 6.45) is -0.546. The van der Waals surface area contributed by atoms with Crippen LogP contribution in [0.2, 0.25) is 0 Å². The Hall–Kier alpha value is -2.15. The van der Waals surface area contributed by atoms with E-state index in [1.54, 1.807) is 6.07 Å². The van der Waals surface area contributed by atoms with Crippen molar-refractivity contribution in [2.45, 2.75) is 20.0 Å². The fraction of sp³-hybridized carbons (Fsp3) is 0.478. The quantitative estimate of drug-likeness (QED) is 0.654. The van der Waals surface area contributed by atoms with Crippen LogP contribution in [0.3, 0.4) is 0 Å². The van der Waals surface area contributed by atoms with E-state index in [1.807, 2.05) is 44.2 Å². The van der Waals surface area contributed by atoms with Gasteiger partial charge in [0.15, 0.2) is 0 Å². The van der Waals surface area contributed by atoms with Crippen LogP contribution >= 0.6 is 0 Å². The number of aliphatic hydroxyl groups excluding tert-OH is 1. The van der Waals surface area contributed by atoms with Crippen molar-refractivity contribution < 1.29 is 19.0 Å². The fourth-order valence-electron chi connectivity index (χ4n) is 3.68. The minimum Gasteiger partial charge on any atom is -0.491 e. The number of benzene rings is 2. The van der Waals surface area contributed by atoms with E-state index in [4.69, 9.17) is 9.47 Å². The Labute approximate surface area is 172 Å². The highest BCUT2D eigenvalue weighted by molar-refractivity contribution is 5.48. The van der Waals surface area contributed by atoms with Gasteiger partial charge in [0.25, 0.3) is 0 Å². The molecule has 3 rings (SSSR count). The average Bonchev–Trinajstić information content (AvgIpc) is 2.71. The normalized spacial score (nSPS) is 16.1. The summed E-state index contributed by atoms with van der Waals surface area (Å²) in [7, 11) is 0. The van der Waals surface area contributed by atoms with Gasteiger partial charge >= 0.3 is 0 Å². The van der Waals surface area contributed by atoms with Gasteiger partial charge in [-0.15, -0.1) is 0 Å². The number of anilines is 1. The van der Waals surface area contributed by atoms with Crippen molar-refractivity contribution in [3.63, 3.8) is 0 Å². The summed E-state index contributed by atoms with van der Waals surface area (Å²) in [4.78, 5) is 4.25. The SMILES string of the molecule is Cc1cccc(C)c1OCCOC[C@H](O)CN1CCN(c2ccccc2F)CC1. The van der Waals surface area contributed by atoms with Crippen molar-refractivity contribution in [3.05, 3.63) is 59.4 Å². The molecule has 1 aliphatic rings. The Morgan fingerprint density at radius 1 is 0.966 bits per heavy atom. The molecular formula is C23H31FN2O3. The van der Waals surface area contributed by atoms with Crippen LogP contribution in [0.1, 0.15) is 11.1 Å². The van der Waals surface area contributed by atoms with Crippen LogP contribution in [0.4, 0.5) is 10.1 Å². The molecule has 2 aromatic rings. The van der Waals surface area contributed by atoms with E-state index in [-0.39, 0.29) is 12.4 Å². The number of halogens is 1. The molecule has 0 bridgehead atoms. The smallest absolute Gasteiger partial charge is 0.146 e. The van der Waals surface area contributed by atoms with Crippen LogP contribution in [0.25, 0.3) is 0 Å². The first-order valence-electron chi connectivity index (χ1n) is 10.2. The van der Waals surface area contributed by atoms with Gasteiger partial charge < -0.3 is 19.5 Å². The Kier molecular flexibility index (Phi) is 7.86. The molecule has 1 fully saturated rings. The summed E-state index contributed by atoms with van der Waals surface area (Å²) < 4.78 is 25.3. The first-order valence-corrected chi connectivity index (χ1v) is 10.2. The summed E-state index contributed by atoms with van der Waals surface area (Å²) in [6, 6.07) is 12.9. The fourth-order valence-corrected chi connectivity index (χ4v) is 3.68. The van der Waals surface area contributed by atoms with Gasteiger partial charge in [-0.05, 0) is 37.1 Å². The molecule has 2 aromatic carbocycles. The lowest BCUT2D eigenvalue weighted by molar-refractivity contribution is 0.00706. The van der Waals surface area contributed by atoms with Crippen LogP contribution < -0.4 is 9.64 Å². The number of aryl methyl sites for hydroxylation is 2. The predicted molar refractivity (Wildman–Crippen MR) is 113 cm³/mol. The number of β-amino-alcohol motifs (C(OH)–C–C–N with tert-alkyl or cyclic N) is 1. The third-order valence-corrected chi connectivity index (χ3v) is 5.23. The molecule has 0 saturated carbocycles. The summed E-state index contributed by atoms with van der Waals surface area (Å²) >= 11 is 0. The molecule has 0 amide bonds. The Bertz CT molecular complexity index is 758. The third kappa shape index (κ3) is 6.16. The van der Waals surface area contributed by atoms with Crippen LogP contribution in [-0.4, -0.2) is 68.7 Å². The van der Waals surface area contributed by atoms with Crippen molar-refractivity contribution in [2.24, 2.45) is 0 Å². The number of aliphatic hydroxyl groups is 1. The van der Waals surface area contributed by atoms with E-state index >= 15 is 0 Å². The molecule has 1 aliphatic heterocycles. The second kappa shape index (κ2) is 10.6. The average molecular weight is 403 g/mol. The molecule has 0 aromatic heterocycles. The molecular weight excluding hydrogens is 371 g/mol. The molecule has 0 spiro atoms. The van der Waals surface area contributed by atoms with E-state index < -0.39 is 6.10 Å². The summed E-state index contributed by atoms with van der Waals surface area (Å²) in [5.41, 5.74) is 2.87. The maximum Gasteiger partial charge on any atom is 0.146 e. The van der Waals surface area contributed by atoms with Gasteiger partial charge in [0, 0.05) is 32.7 Å². The molecule has 1 saturated heterocycles. The van der Waals surface area contributed by atoms with Gasteiger partial charge in [0.05, 0.1) is 25.0 Å². The Morgan fingerprint density at radius 2 is 1.66 bits per heavy atom. The first kappa shape index (κ1) is 21.6. The number of nitrogens with zero attached hydrogens (tertiary/aromatic N) is 2. The van der Waals surface area contributed by atoms with Crippen molar-refractivity contribution in [3.8, 4) is 5.75 Å². The molecule has 1 atom stereocenters. The maximum absolute atomic E-state index is 13.9. The van der Waals surface area contributed by atoms with Gasteiger partial charge in [-0.3, -0.25) is 4.90 Å². The highest BCUT2D eigenvalue weighted by atomic mass is 19.1. The van der Waals surface area contributed by atoms with Crippen LogP contribution in [0.15, 0.2) is 42.5 Å². The maximum atomic E-state index is 13.9. The molecule has 0 radical (unpaired) electrons. The van der Waals surface area contributed by atoms with Crippen molar-refractivity contribution in [1.29, 1.82) is 0 Å². The zero-order chi connectivity index (χ0) is 20.6. The number of para-hydroxylation sites is 2. The van der Waals surface area contributed by atoms with Crippen molar-refractivity contribution in [2.75, 3.05) is 57.4 Å². The first-order chi connectivity index (χ1) is 14.0. The molecule has 5 nitrogen and oxygen atoms in total. The zero-order valence-corrected chi connectivity index (χ0v) is 17.3. The van der Waals surface area contributed by atoms with E-state index in [2.05, 4.69) is 9.80 Å². The molecule has 6 heteroatoms. The predicted octanol–water partition coefficient (Wildman–Crippen LogP) is 3.02. The lowest BCUT2D eigenvalue weighted by Crippen LogP contribution is -2.49. The van der Waals surface area contributed by atoms with Crippen LogP contribution in [0.5, 0.6) is 5.75 Å². The molecule has 1 N–H and O–H groups in total. The largest absolute Gasteiger partial charge is 0.491 e. The van der Waals surface area contributed by atoms with Crippen LogP contribution in [-0.2, 0) is 4.74 Å². The van der Waals surface area contributed by atoms with Crippen molar-refractivity contribution >= 4 is 5.69 Å². The third-order valence-electron chi connectivity index (χ3n) is 5.23. The molecule has 0 unspecified atom stereocenters. The van der Waals surface area contributed by atoms with E-state index in [1.165, 1.54) is 6.07 Å².